The summed E-state index contributed by atoms with van der Waals surface area (Å²) in [6, 6.07) is 6.36. The lowest BCUT2D eigenvalue weighted by molar-refractivity contribution is 0.308. The van der Waals surface area contributed by atoms with Crippen molar-refractivity contribution in [1.29, 1.82) is 0 Å². The Hall–Kier alpha value is -1.69. The predicted octanol–water partition coefficient (Wildman–Crippen LogP) is 2.27. The summed E-state index contributed by atoms with van der Waals surface area (Å²) in [5, 5.41) is 15.7. The average molecular weight is 303 g/mol. The van der Waals surface area contributed by atoms with Crippen molar-refractivity contribution in [2.24, 2.45) is 5.92 Å². The first-order valence-electron chi connectivity index (χ1n) is 7.57. The van der Waals surface area contributed by atoms with Crippen LogP contribution in [0.5, 0.6) is 0 Å². The largest absolute Gasteiger partial charge is 0.360 e. The second-order valence-electron chi connectivity index (χ2n) is 5.74. The van der Waals surface area contributed by atoms with Gasteiger partial charge in [-0.25, -0.2) is 0 Å². The minimum Gasteiger partial charge on any atom is -0.360 e. The van der Waals surface area contributed by atoms with Crippen LogP contribution in [0.1, 0.15) is 38.4 Å². The molecule has 0 spiro atoms. The zero-order valence-electron chi connectivity index (χ0n) is 12.2. The van der Waals surface area contributed by atoms with Crippen molar-refractivity contribution < 1.29 is 0 Å². The van der Waals surface area contributed by atoms with Crippen LogP contribution in [0.3, 0.4) is 0 Å². The molecule has 0 aliphatic heterocycles. The van der Waals surface area contributed by atoms with Crippen molar-refractivity contribution in [2.45, 2.75) is 45.2 Å². The Morgan fingerprint density at radius 1 is 1.33 bits per heavy atom. The lowest BCUT2D eigenvalue weighted by Crippen LogP contribution is -2.45. The number of rotatable bonds is 3. The maximum atomic E-state index is 5.40. The van der Waals surface area contributed by atoms with E-state index in [1.54, 1.807) is 0 Å². The highest BCUT2D eigenvalue weighted by molar-refractivity contribution is 7.80. The summed E-state index contributed by atoms with van der Waals surface area (Å²) in [5.41, 5.74) is 0.856. The SMILES string of the molecule is C[C@H]1CCCC[C@H]1NC(=S)NCc1nnc2ccccn12. The molecule has 2 N–H and O–H groups in total. The van der Waals surface area contributed by atoms with E-state index in [1.807, 2.05) is 28.8 Å². The summed E-state index contributed by atoms with van der Waals surface area (Å²) in [6.45, 7) is 2.88. The van der Waals surface area contributed by atoms with Crippen molar-refractivity contribution in [3.8, 4) is 0 Å². The average Bonchev–Trinajstić information content (AvgIpc) is 2.91. The summed E-state index contributed by atoms with van der Waals surface area (Å²) in [4.78, 5) is 0. The molecule has 6 heteroatoms. The van der Waals surface area contributed by atoms with Gasteiger partial charge in [0.05, 0.1) is 6.54 Å². The van der Waals surface area contributed by atoms with E-state index in [4.69, 9.17) is 12.2 Å². The van der Waals surface area contributed by atoms with Gasteiger partial charge in [-0.05, 0) is 43.1 Å². The number of aromatic nitrogens is 3. The number of hydrogen-bond donors (Lipinski definition) is 2. The molecule has 0 amide bonds. The van der Waals surface area contributed by atoms with Gasteiger partial charge in [-0.1, -0.05) is 25.8 Å². The van der Waals surface area contributed by atoms with Gasteiger partial charge in [-0.3, -0.25) is 4.40 Å². The van der Waals surface area contributed by atoms with Crippen LogP contribution in [0, 0.1) is 5.92 Å². The molecule has 21 heavy (non-hydrogen) atoms. The molecular weight excluding hydrogens is 282 g/mol. The molecule has 1 aliphatic carbocycles. The topological polar surface area (TPSA) is 54.2 Å². The Morgan fingerprint density at radius 3 is 3.05 bits per heavy atom. The molecule has 1 saturated carbocycles. The highest BCUT2D eigenvalue weighted by Crippen LogP contribution is 2.23. The van der Waals surface area contributed by atoms with Crippen LogP contribution in [0.15, 0.2) is 24.4 Å². The van der Waals surface area contributed by atoms with Crippen LogP contribution in [-0.4, -0.2) is 25.8 Å². The summed E-state index contributed by atoms with van der Waals surface area (Å²) in [6.07, 6.45) is 7.09. The van der Waals surface area contributed by atoms with E-state index in [0.717, 1.165) is 11.5 Å². The molecule has 3 rings (SSSR count). The van der Waals surface area contributed by atoms with Gasteiger partial charge in [0.2, 0.25) is 0 Å². The number of hydrogen-bond acceptors (Lipinski definition) is 3. The molecule has 112 valence electrons. The van der Waals surface area contributed by atoms with E-state index in [1.165, 1.54) is 25.7 Å². The number of thiocarbonyl (C=S) groups is 1. The second-order valence-corrected chi connectivity index (χ2v) is 6.15. The Labute approximate surface area is 130 Å². The van der Waals surface area contributed by atoms with Crippen molar-refractivity contribution in [2.75, 3.05) is 0 Å². The van der Waals surface area contributed by atoms with Crippen LogP contribution in [0.25, 0.3) is 5.65 Å². The minimum absolute atomic E-state index is 0.494. The number of nitrogens with one attached hydrogen (secondary N) is 2. The van der Waals surface area contributed by atoms with Gasteiger partial charge >= 0.3 is 0 Å². The highest BCUT2D eigenvalue weighted by atomic mass is 32.1. The summed E-state index contributed by atoms with van der Waals surface area (Å²) in [7, 11) is 0. The van der Waals surface area contributed by atoms with Crippen LogP contribution >= 0.6 is 12.2 Å². The zero-order chi connectivity index (χ0) is 14.7. The van der Waals surface area contributed by atoms with E-state index in [-0.39, 0.29) is 0 Å². The molecule has 2 aromatic rings. The highest BCUT2D eigenvalue weighted by Gasteiger charge is 2.21. The van der Waals surface area contributed by atoms with Gasteiger partial charge in [-0.2, -0.15) is 0 Å². The molecule has 5 nitrogen and oxygen atoms in total. The fourth-order valence-electron chi connectivity index (χ4n) is 2.92. The maximum absolute atomic E-state index is 5.40. The predicted molar refractivity (Wildman–Crippen MR) is 87.0 cm³/mol. The standard InChI is InChI=1S/C15H21N5S/c1-11-6-2-3-7-12(11)17-15(21)16-10-14-19-18-13-8-4-5-9-20(13)14/h4-5,8-9,11-12H,2-3,6-7,10H2,1H3,(H2,16,17,21)/t11-,12+/m0/s1. The summed E-state index contributed by atoms with van der Waals surface area (Å²) >= 11 is 5.40. The van der Waals surface area contributed by atoms with E-state index in [9.17, 15) is 0 Å². The first kappa shape index (κ1) is 14.3. The van der Waals surface area contributed by atoms with E-state index >= 15 is 0 Å². The normalized spacial score (nSPS) is 22.1. The van der Waals surface area contributed by atoms with Gasteiger partial charge < -0.3 is 10.6 Å². The monoisotopic (exact) mass is 303 g/mol. The molecule has 2 aromatic heterocycles. The van der Waals surface area contributed by atoms with Crippen LogP contribution in [-0.2, 0) is 6.54 Å². The molecule has 0 bridgehead atoms. The molecule has 0 saturated heterocycles. The Bertz CT molecular complexity index is 623. The maximum Gasteiger partial charge on any atom is 0.166 e. The third-order valence-corrected chi connectivity index (χ3v) is 4.48. The fraction of sp³-hybridized carbons (Fsp3) is 0.533. The van der Waals surface area contributed by atoms with Crippen LogP contribution in [0.2, 0.25) is 0 Å². The first-order chi connectivity index (χ1) is 10.2. The molecule has 1 aliphatic rings. The minimum atomic E-state index is 0.494. The third-order valence-electron chi connectivity index (χ3n) is 4.22. The molecule has 2 heterocycles. The van der Waals surface area contributed by atoms with Gasteiger partial charge in [0, 0.05) is 12.2 Å². The first-order valence-corrected chi connectivity index (χ1v) is 7.98. The Kier molecular flexibility index (Phi) is 4.34. The van der Waals surface area contributed by atoms with E-state index < -0.39 is 0 Å². The third kappa shape index (κ3) is 3.32. The summed E-state index contributed by atoms with van der Waals surface area (Å²) < 4.78 is 1.97. The molecule has 0 aromatic carbocycles. The fourth-order valence-corrected chi connectivity index (χ4v) is 3.14. The quantitative estimate of drug-likeness (QED) is 0.852. The van der Waals surface area contributed by atoms with Crippen LogP contribution in [0.4, 0.5) is 0 Å². The smallest absolute Gasteiger partial charge is 0.166 e. The molecule has 0 unspecified atom stereocenters. The van der Waals surface area contributed by atoms with Crippen molar-refractivity contribution in [3.63, 3.8) is 0 Å². The molecule has 1 fully saturated rings. The lowest BCUT2D eigenvalue weighted by atomic mass is 9.86. The zero-order valence-corrected chi connectivity index (χ0v) is 13.1. The second kappa shape index (κ2) is 6.39. The van der Waals surface area contributed by atoms with Crippen LogP contribution < -0.4 is 10.6 Å². The number of pyridine rings is 1. The number of fused-ring (bicyclic) bond motifs is 1. The molecule has 2 atom stereocenters. The van der Waals surface area contributed by atoms with E-state index in [2.05, 4.69) is 27.8 Å². The number of nitrogens with zero attached hydrogens (tertiary/aromatic N) is 3. The van der Waals surface area contributed by atoms with Gasteiger partial charge in [0.25, 0.3) is 0 Å². The van der Waals surface area contributed by atoms with Crippen molar-refractivity contribution in [3.05, 3.63) is 30.2 Å². The molecular formula is C15H21N5S. The van der Waals surface area contributed by atoms with Crippen molar-refractivity contribution >= 4 is 23.0 Å². The van der Waals surface area contributed by atoms with Gasteiger partial charge in [0.1, 0.15) is 0 Å². The summed E-state index contributed by atoms with van der Waals surface area (Å²) in [5.74, 6) is 1.55. The lowest BCUT2D eigenvalue weighted by Gasteiger charge is -2.30. The van der Waals surface area contributed by atoms with Crippen molar-refractivity contribution in [1.82, 2.24) is 25.2 Å². The Morgan fingerprint density at radius 2 is 2.19 bits per heavy atom. The Balaban J connectivity index is 1.56. The van der Waals surface area contributed by atoms with E-state index in [0.29, 0.717) is 23.6 Å². The van der Waals surface area contributed by atoms with Gasteiger partial charge in [0.15, 0.2) is 16.6 Å². The van der Waals surface area contributed by atoms with Gasteiger partial charge in [-0.15, -0.1) is 10.2 Å². The molecule has 0 radical (unpaired) electrons.